The second-order valence-electron chi connectivity index (χ2n) is 6.84. The second kappa shape index (κ2) is 13.5. The van der Waals surface area contributed by atoms with Gasteiger partial charge in [-0.25, -0.2) is 0 Å². The van der Waals surface area contributed by atoms with Gasteiger partial charge < -0.3 is 25.0 Å². The summed E-state index contributed by atoms with van der Waals surface area (Å²) in [6.07, 6.45) is -0.0229. The van der Waals surface area contributed by atoms with Crippen molar-refractivity contribution in [1.82, 2.24) is 20.4 Å². The maximum absolute atomic E-state index is 11.4. The van der Waals surface area contributed by atoms with Crippen molar-refractivity contribution in [2.45, 2.75) is 20.0 Å². The van der Waals surface area contributed by atoms with Crippen molar-refractivity contribution in [2.24, 2.45) is 4.99 Å². The van der Waals surface area contributed by atoms with Crippen LogP contribution in [0.3, 0.4) is 0 Å². The SMILES string of the molecule is CN=C(NCCN1CCN(C(C)=O)CC1)NCC(C)Oc1cccc(OC)c1.I. The molecule has 1 atom stereocenters. The van der Waals surface area contributed by atoms with Gasteiger partial charge in [0.15, 0.2) is 5.96 Å². The lowest BCUT2D eigenvalue weighted by Crippen LogP contribution is -2.50. The van der Waals surface area contributed by atoms with Crippen molar-refractivity contribution in [3.63, 3.8) is 0 Å². The first-order valence-electron chi connectivity index (χ1n) is 9.75. The number of hydrogen-bond acceptors (Lipinski definition) is 5. The number of rotatable bonds is 8. The minimum absolute atomic E-state index is 0. The van der Waals surface area contributed by atoms with E-state index >= 15 is 0 Å². The molecule has 1 aromatic carbocycles. The molecule has 29 heavy (non-hydrogen) atoms. The zero-order chi connectivity index (χ0) is 20.4. The molecule has 0 aromatic heterocycles. The van der Waals surface area contributed by atoms with E-state index in [2.05, 4.69) is 20.5 Å². The van der Waals surface area contributed by atoms with Gasteiger partial charge in [0.25, 0.3) is 0 Å². The van der Waals surface area contributed by atoms with Gasteiger partial charge in [-0.2, -0.15) is 0 Å². The summed E-state index contributed by atoms with van der Waals surface area (Å²) in [6.45, 7) is 9.43. The third kappa shape index (κ3) is 9.07. The molecule has 0 spiro atoms. The summed E-state index contributed by atoms with van der Waals surface area (Å²) in [5.41, 5.74) is 0. The molecule has 0 saturated carbocycles. The molecule has 0 aliphatic carbocycles. The predicted molar refractivity (Wildman–Crippen MR) is 127 cm³/mol. The fraction of sp³-hybridized carbons (Fsp3) is 0.600. The third-order valence-electron chi connectivity index (χ3n) is 4.70. The highest BCUT2D eigenvalue weighted by Gasteiger charge is 2.18. The molecule has 1 amide bonds. The summed E-state index contributed by atoms with van der Waals surface area (Å²) in [7, 11) is 3.40. The molecule has 0 bridgehead atoms. The normalized spacial score (nSPS) is 15.9. The van der Waals surface area contributed by atoms with E-state index < -0.39 is 0 Å². The standard InChI is InChI=1S/C20H33N5O3.HI/c1-16(28-19-7-5-6-18(14-19)27-4)15-23-20(21-3)22-8-9-24-10-12-25(13-11-24)17(2)26;/h5-7,14,16H,8-13,15H2,1-4H3,(H2,21,22,23);1H. The minimum atomic E-state index is -0.0229. The first-order valence-corrected chi connectivity index (χ1v) is 9.75. The molecule has 1 fully saturated rings. The van der Waals surface area contributed by atoms with E-state index in [1.807, 2.05) is 36.1 Å². The molecule has 8 nitrogen and oxygen atoms in total. The maximum Gasteiger partial charge on any atom is 0.219 e. The summed E-state index contributed by atoms with van der Waals surface area (Å²) in [5.74, 6) is 2.47. The highest BCUT2D eigenvalue weighted by Crippen LogP contribution is 2.19. The Bertz CT molecular complexity index is 651. The van der Waals surface area contributed by atoms with Crippen LogP contribution < -0.4 is 20.1 Å². The van der Waals surface area contributed by atoms with Crippen LogP contribution in [0.25, 0.3) is 0 Å². The van der Waals surface area contributed by atoms with Crippen LogP contribution in [0.4, 0.5) is 0 Å². The molecule has 2 rings (SSSR count). The number of hydrogen-bond donors (Lipinski definition) is 2. The molecular weight excluding hydrogens is 485 g/mol. The fourth-order valence-electron chi connectivity index (χ4n) is 3.03. The van der Waals surface area contributed by atoms with E-state index in [0.717, 1.165) is 56.7 Å². The summed E-state index contributed by atoms with van der Waals surface area (Å²) >= 11 is 0. The smallest absolute Gasteiger partial charge is 0.219 e. The largest absolute Gasteiger partial charge is 0.497 e. The Balaban J connectivity index is 0.00000420. The van der Waals surface area contributed by atoms with Gasteiger partial charge in [-0.15, -0.1) is 24.0 Å². The number of guanidine groups is 1. The van der Waals surface area contributed by atoms with Gasteiger partial charge in [0.05, 0.1) is 13.7 Å². The van der Waals surface area contributed by atoms with E-state index in [1.165, 1.54) is 0 Å². The van der Waals surface area contributed by atoms with E-state index in [-0.39, 0.29) is 36.0 Å². The van der Waals surface area contributed by atoms with Crippen molar-refractivity contribution in [3.05, 3.63) is 24.3 Å². The maximum atomic E-state index is 11.4. The Morgan fingerprint density at radius 2 is 1.90 bits per heavy atom. The average molecular weight is 519 g/mol. The number of benzene rings is 1. The van der Waals surface area contributed by atoms with E-state index in [4.69, 9.17) is 9.47 Å². The van der Waals surface area contributed by atoms with Crippen LogP contribution in [-0.4, -0.2) is 87.7 Å². The molecular formula is C20H34IN5O3. The molecule has 2 N–H and O–H groups in total. The van der Waals surface area contributed by atoms with Gasteiger partial charge >= 0.3 is 0 Å². The summed E-state index contributed by atoms with van der Waals surface area (Å²) < 4.78 is 11.1. The summed E-state index contributed by atoms with van der Waals surface area (Å²) in [4.78, 5) is 19.9. The highest BCUT2D eigenvalue weighted by molar-refractivity contribution is 14.0. The van der Waals surface area contributed by atoms with Crippen LogP contribution in [0.15, 0.2) is 29.3 Å². The van der Waals surface area contributed by atoms with Crippen LogP contribution in [-0.2, 0) is 4.79 Å². The zero-order valence-corrected chi connectivity index (χ0v) is 20.1. The van der Waals surface area contributed by atoms with E-state index in [9.17, 15) is 4.79 Å². The Labute approximate surface area is 191 Å². The minimum Gasteiger partial charge on any atom is -0.497 e. The van der Waals surface area contributed by atoms with E-state index in [1.54, 1.807) is 21.1 Å². The Morgan fingerprint density at radius 3 is 2.52 bits per heavy atom. The van der Waals surface area contributed by atoms with Gasteiger partial charge in [-0.3, -0.25) is 14.7 Å². The third-order valence-corrected chi connectivity index (χ3v) is 4.70. The first kappa shape index (κ1) is 25.3. The van der Waals surface area contributed by atoms with Gasteiger partial charge in [-0.05, 0) is 19.1 Å². The number of ether oxygens (including phenoxy) is 2. The van der Waals surface area contributed by atoms with Gasteiger partial charge in [0.2, 0.25) is 5.91 Å². The molecule has 1 aliphatic rings. The topological polar surface area (TPSA) is 78.4 Å². The van der Waals surface area contributed by atoms with Crippen LogP contribution in [0, 0.1) is 0 Å². The van der Waals surface area contributed by atoms with Crippen LogP contribution in [0.1, 0.15) is 13.8 Å². The van der Waals surface area contributed by atoms with Crippen LogP contribution in [0.2, 0.25) is 0 Å². The lowest BCUT2D eigenvalue weighted by molar-refractivity contribution is -0.130. The second-order valence-corrected chi connectivity index (χ2v) is 6.84. The molecule has 1 saturated heterocycles. The summed E-state index contributed by atoms with van der Waals surface area (Å²) in [5, 5.41) is 6.62. The number of aliphatic imine (C=N–C) groups is 1. The number of nitrogens with one attached hydrogen (secondary N) is 2. The Morgan fingerprint density at radius 1 is 1.21 bits per heavy atom. The van der Waals surface area contributed by atoms with Crippen molar-refractivity contribution < 1.29 is 14.3 Å². The van der Waals surface area contributed by atoms with Crippen molar-refractivity contribution >= 4 is 35.8 Å². The first-order chi connectivity index (χ1) is 13.5. The number of halogens is 1. The number of amides is 1. The summed E-state index contributed by atoms with van der Waals surface area (Å²) in [6, 6.07) is 7.58. The fourth-order valence-corrected chi connectivity index (χ4v) is 3.03. The van der Waals surface area contributed by atoms with Crippen molar-refractivity contribution in [1.29, 1.82) is 0 Å². The monoisotopic (exact) mass is 519 g/mol. The molecule has 1 aliphatic heterocycles. The Kier molecular flexibility index (Phi) is 11.7. The van der Waals surface area contributed by atoms with Crippen molar-refractivity contribution in [2.75, 3.05) is 60.0 Å². The molecule has 164 valence electrons. The lowest BCUT2D eigenvalue weighted by Gasteiger charge is -2.34. The highest BCUT2D eigenvalue weighted by atomic mass is 127. The molecule has 1 unspecified atom stereocenters. The van der Waals surface area contributed by atoms with Crippen LogP contribution in [0.5, 0.6) is 11.5 Å². The van der Waals surface area contributed by atoms with E-state index in [0.29, 0.717) is 6.54 Å². The number of carbonyl (C=O) groups excluding carboxylic acids is 1. The van der Waals surface area contributed by atoms with Crippen LogP contribution >= 0.6 is 24.0 Å². The average Bonchev–Trinajstić information content (AvgIpc) is 2.71. The molecule has 1 aromatic rings. The molecule has 9 heteroatoms. The number of carbonyl (C=O) groups is 1. The van der Waals surface area contributed by atoms with Gasteiger partial charge in [0, 0.05) is 59.3 Å². The molecule has 0 radical (unpaired) electrons. The number of methoxy groups -OCH3 is 1. The number of piperazine rings is 1. The number of nitrogens with zero attached hydrogens (tertiary/aromatic N) is 3. The van der Waals surface area contributed by atoms with Gasteiger partial charge in [-0.1, -0.05) is 6.07 Å². The predicted octanol–water partition coefficient (Wildman–Crippen LogP) is 1.41. The zero-order valence-electron chi connectivity index (χ0n) is 17.8. The van der Waals surface area contributed by atoms with Crippen molar-refractivity contribution in [3.8, 4) is 11.5 Å². The Hall–Kier alpha value is -1.75. The lowest BCUT2D eigenvalue weighted by atomic mass is 10.3. The molecule has 1 heterocycles. The van der Waals surface area contributed by atoms with Gasteiger partial charge in [0.1, 0.15) is 17.6 Å². The quantitative estimate of drug-likeness (QED) is 0.308.